The van der Waals surface area contributed by atoms with Gasteiger partial charge in [0.05, 0.1) is 0 Å². The molecule has 1 aromatic rings. The van der Waals surface area contributed by atoms with Crippen molar-refractivity contribution in [3.63, 3.8) is 0 Å². The quantitative estimate of drug-likeness (QED) is 0.743. The van der Waals surface area contributed by atoms with Gasteiger partial charge in [0.15, 0.2) is 0 Å². The highest BCUT2D eigenvalue weighted by molar-refractivity contribution is 7.98. The molecule has 0 spiro atoms. The van der Waals surface area contributed by atoms with Gasteiger partial charge in [-0.2, -0.15) is 11.8 Å². The Morgan fingerprint density at radius 1 is 1.71 bits per heavy atom. The average molecular weight is 216 g/mol. The van der Waals surface area contributed by atoms with Crippen LogP contribution in [0.2, 0.25) is 0 Å². The fraction of sp³-hybridized carbons (Fsp3) is 0.571. The minimum absolute atomic E-state index is 0.0128. The van der Waals surface area contributed by atoms with Gasteiger partial charge in [-0.05, 0) is 23.5 Å². The molecular formula is C7H12N4O2S. The molecule has 1 unspecified atom stereocenters. The van der Waals surface area contributed by atoms with Crippen molar-refractivity contribution in [3.8, 4) is 0 Å². The van der Waals surface area contributed by atoms with Crippen LogP contribution in [0.3, 0.4) is 0 Å². The molecule has 0 aromatic carbocycles. The molecule has 6 nitrogen and oxygen atoms in total. The van der Waals surface area contributed by atoms with Gasteiger partial charge in [0.1, 0.15) is 0 Å². The van der Waals surface area contributed by atoms with E-state index in [0.717, 1.165) is 5.75 Å². The summed E-state index contributed by atoms with van der Waals surface area (Å²) < 4.78 is 4.32. The van der Waals surface area contributed by atoms with Crippen LogP contribution in [0.5, 0.6) is 0 Å². The predicted molar refractivity (Wildman–Crippen MR) is 54.0 cm³/mol. The molecule has 1 atom stereocenters. The number of carbonyl (C=O) groups excluding carboxylic acids is 1. The van der Waals surface area contributed by atoms with Crippen molar-refractivity contribution in [3.05, 3.63) is 5.69 Å². The van der Waals surface area contributed by atoms with Gasteiger partial charge >= 0.3 is 0 Å². The first-order valence-corrected chi connectivity index (χ1v) is 5.42. The van der Waals surface area contributed by atoms with Gasteiger partial charge < -0.3 is 11.1 Å². The van der Waals surface area contributed by atoms with Gasteiger partial charge in [-0.1, -0.05) is 0 Å². The Morgan fingerprint density at radius 2 is 2.43 bits per heavy atom. The van der Waals surface area contributed by atoms with Crippen molar-refractivity contribution in [1.82, 2.24) is 15.6 Å². The number of nitrogens with one attached hydrogen (secondary N) is 1. The standard InChI is InChI=1S/C7H12N4O2S/c1-4(3-14-2)9-7(12)5-6(8)11-13-10-5/h4H,3H2,1-2H3,(H2,8,11)(H,9,12). The zero-order valence-corrected chi connectivity index (χ0v) is 8.80. The van der Waals surface area contributed by atoms with Gasteiger partial charge in [0, 0.05) is 11.8 Å². The van der Waals surface area contributed by atoms with Crippen LogP contribution in [-0.4, -0.2) is 34.3 Å². The summed E-state index contributed by atoms with van der Waals surface area (Å²) in [6, 6.07) is 0.0635. The summed E-state index contributed by atoms with van der Waals surface area (Å²) in [5.74, 6) is 0.487. The average Bonchev–Trinajstić information content (AvgIpc) is 2.51. The Hall–Kier alpha value is -1.24. The lowest BCUT2D eigenvalue weighted by molar-refractivity contribution is 0.0934. The molecule has 0 aliphatic heterocycles. The largest absolute Gasteiger partial charge is 0.379 e. The zero-order valence-electron chi connectivity index (χ0n) is 7.98. The van der Waals surface area contributed by atoms with E-state index in [0.29, 0.717) is 0 Å². The summed E-state index contributed by atoms with van der Waals surface area (Å²) in [4.78, 5) is 11.4. The third kappa shape index (κ3) is 2.63. The van der Waals surface area contributed by atoms with E-state index in [9.17, 15) is 4.79 Å². The van der Waals surface area contributed by atoms with Crippen LogP contribution in [0.4, 0.5) is 5.82 Å². The third-order valence-electron chi connectivity index (χ3n) is 1.52. The van der Waals surface area contributed by atoms with Crippen LogP contribution in [0.1, 0.15) is 17.4 Å². The van der Waals surface area contributed by atoms with E-state index in [1.807, 2.05) is 13.2 Å². The molecular weight excluding hydrogens is 204 g/mol. The Kier molecular flexibility index (Phi) is 3.75. The second-order valence-electron chi connectivity index (χ2n) is 2.83. The minimum Gasteiger partial charge on any atom is -0.379 e. The summed E-state index contributed by atoms with van der Waals surface area (Å²) >= 11 is 1.65. The summed E-state index contributed by atoms with van der Waals surface area (Å²) in [6.07, 6.45) is 1.97. The van der Waals surface area contributed by atoms with Crippen LogP contribution in [0.15, 0.2) is 4.63 Å². The Bertz CT molecular complexity index is 314. The summed E-state index contributed by atoms with van der Waals surface area (Å²) in [6.45, 7) is 1.90. The molecule has 0 bridgehead atoms. The summed E-state index contributed by atoms with van der Waals surface area (Å²) in [5.41, 5.74) is 5.40. The predicted octanol–water partition coefficient (Wildman–Crippen LogP) is 0.133. The third-order valence-corrected chi connectivity index (χ3v) is 2.36. The van der Waals surface area contributed by atoms with Crippen molar-refractivity contribution in [2.45, 2.75) is 13.0 Å². The number of nitrogen functional groups attached to an aromatic ring is 1. The first kappa shape index (κ1) is 10.8. The number of hydrogen-bond donors (Lipinski definition) is 2. The lowest BCUT2D eigenvalue weighted by Gasteiger charge is -2.10. The highest BCUT2D eigenvalue weighted by Crippen LogP contribution is 2.04. The van der Waals surface area contributed by atoms with Crippen LogP contribution in [-0.2, 0) is 0 Å². The van der Waals surface area contributed by atoms with Crippen molar-refractivity contribution >= 4 is 23.5 Å². The van der Waals surface area contributed by atoms with Crippen LogP contribution < -0.4 is 11.1 Å². The Balaban J connectivity index is 2.55. The number of carbonyl (C=O) groups is 1. The Labute approximate surface area is 85.6 Å². The second-order valence-corrected chi connectivity index (χ2v) is 3.74. The topological polar surface area (TPSA) is 94.0 Å². The van der Waals surface area contributed by atoms with Crippen molar-refractivity contribution < 1.29 is 9.42 Å². The fourth-order valence-corrected chi connectivity index (χ4v) is 1.52. The monoisotopic (exact) mass is 216 g/mol. The molecule has 1 heterocycles. The highest BCUT2D eigenvalue weighted by Gasteiger charge is 2.17. The molecule has 1 amide bonds. The summed E-state index contributed by atoms with van der Waals surface area (Å²) in [7, 11) is 0. The summed E-state index contributed by atoms with van der Waals surface area (Å²) in [5, 5.41) is 9.44. The zero-order chi connectivity index (χ0) is 10.6. The van der Waals surface area contributed by atoms with E-state index in [4.69, 9.17) is 5.73 Å². The maximum atomic E-state index is 11.4. The number of rotatable bonds is 4. The number of aromatic nitrogens is 2. The molecule has 1 rings (SSSR count). The normalized spacial score (nSPS) is 12.4. The number of nitrogens with zero attached hydrogens (tertiary/aromatic N) is 2. The van der Waals surface area contributed by atoms with Crippen molar-refractivity contribution in [2.24, 2.45) is 0 Å². The van der Waals surface area contributed by atoms with E-state index < -0.39 is 0 Å². The van der Waals surface area contributed by atoms with Gasteiger partial charge in [-0.25, -0.2) is 4.63 Å². The number of hydrogen-bond acceptors (Lipinski definition) is 6. The van der Waals surface area contributed by atoms with E-state index in [1.54, 1.807) is 11.8 Å². The van der Waals surface area contributed by atoms with E-state index in [2.05, 4.69) is 20.3 Å². The van der Waals surface area contributed by atoms with Gasteiger partial charge in [0.25, 0.3) is 5.91 Å². The molecule has 1 aromatic heterocycles. The molecule has 14 heavy (non-hydrogen) atoms. The smallest absolute Gasteiger partial charge is 0.277 e. The van der Waals surface area contributed by atoms with E-state index >= 15 is 0 Å². The lowest BCUT2D eigenvalue weighted by Crippen LogP contribution is -2.34. The van der Waals surface area contributed by atoms with Gasteiger partial charge in [-0.3, -0.25) is 4.79 Å². The van der Waals surface area contributed by atoms with Crippen LogP contribution >= 0.6 is 11.8 Å². The number of anilines is 1. The first-order valence-electron chi connectivity index (χ1n) is 4.03. The fourth-order valence-electron chi connectivity index (χ4n) is 0.937. The highest BCUT2D eigenvalue weighted by atomic mass is 32.2. The van der Waals surface area contributed by atoms with E-state index in [-0.39, 0.29) is 23.5 Å². The number of nitrogens with two attached hydrogens (primary N) is 1. The molecule has 78 valence electrons. The maximum absolute atomic E-state index is 11.4. The molecule has 7 heteroatoms. The minimum atomic E-state index is -0.356. The molecule has 0 fully saturated rings. The van der Waals surface area contributed by atoms with Crippen molar-refractivity contribution in [2.75, 3.05) is 17.7 Å². The van der Waals surface area contributed by atoms with Crippen molar-refractivity contribution in [1.29, 1.82) is 0 Å². The second kappa shape index (κ2) is 4.85. The molecule has 0 saturated carbocycles. The lowest BCUT2D eigenvalue weighted by atomic mass is 10.3. The molecule has 0 saturated heterocycles. The van der Waals surface area contributed by atoms with E-state index in [1.165, 1.54) is 0 Å². The molecule has 0 aliphatic carbocycles. The van der Waals surface area contributed by atoms with Crippen LogP contribution in [0, 0.1) is 0 Å². The Morgan fingerprint density at radius 3 is 2.93 bits per heavy atom. The maximum Gasteiger partial charge on any atom is 0.277 e. The first-order chi connectivity index (χ1) is 6.65. The van der Waals surface area contributed by atoms with Crippen LogP contribution in [0.25, 0.3) is 0 Å². The van der Waals surface area contributed by atoms with Gasteiger partial charge in [0.2, 0.25) is 11.5 Å². The SMILES string of the molecule is CSCC(C)NC(=O)c1nonc1N. The molecule has 0 aliphatic rings. The van der Waals surface area contributed by atoms with Gasteiger partial charge in [-0.15, -0.1) is 0 Å². The number of thioether (sulfide) groups is 1. The molecule has 0 radical (unpaired) electrons. The number of amides is 1. The molecule has 3 N–H and O–H groups in total.